The molecular weight excluding hydrogens is 300 g/mol. The van der Waals surface area contributed by atoms with Crippen molar-refractivity contribution < 1.29 is 14.3 Å². The highest BCUT2D eigenvalue weighted by Crippen LogP contribution is 2.31. The van der Waals surface area contributed by atoms with Gasteiger partial charge in [0, 0.05) is 24.5 Å². The highest BCUT2D eigenvalue weighted by molar-refractivity contribution is 7.09. The smallest absolute Gasteiger partial charge is 0.317 e. The predicted molar refractivity (Wildman–Crippen MR) is 86.9 cm³/mol. The number of carbonyl (C=O) groups excluding carboxylic acids is 2. The van der Waals surface area contributed by atoms with Gasteiger partial charge in [0.05, 0.1) is 12.5 Å². The van der Waals surface area contributed by atoms with E-state index in [1.165, 1.54) is 12.0 Å². The number of esters is 1. The van der Waals surface area contributed by atoms with Crippen LogP contribution in [0.2, 0.25) is 0 Å². The summed E-state index contributed by atoms with van der Waals surface area (Å²) in [6, 6.07) is 4.07. The van der Waals surface area contributed by atoms with Crippen molar-refractivity contribution in [2.45, 2.75) is 26.7 Å². The second kappa shape index (κ2) is 7.13. The molecule has 2 unspecified atom stereocenters. The fraction of sp³-hybridized carbons (Fsp3) is 0.625. The standard InChI is InChI=1S/C16H24N2O3S/c1-12(9-13-5-4-8-22-13)10-17-15(20)18-7-6-16(2,11-18)14(19)21-3/h4-5,8,12H,6-7,9-11H2,1-3H3,(H,17,20). The molecule has 1 saturated heterocycles. The number of nitrogens with one attached hydrogen (secondary N) is 1. The Labute approximate surface area is 135 Å². The molecule has 0 radical (unpaired) electrons. The Bertz CT molecular complexity index is 517. The highest BCUT2D eigenvalue weighted by Gasteiger charge is 2.42. The minimum absolute atomic E-state index is 0.0920. The summed E-state index contributed by atoms with van der Waals surface area (Å²) in [7, 11) is 1.39. The van der Waals surface area contributed by atoms with Gasteiger partial charge in [-0.1, -0.05) is 13.0 Å². The van der Waals surface area contributed by atoms with Crippen LogP contribution < -0.4 is 5.32 Å². The summed E-state index contributed by atoms with van der Waals surface area (Å²) in [6.07, 6.45) is 1.62. The van der Waals surface area contributed by atoms with Crippen LogP contribution in [0.15, 0.2) is 17.5 Å². The quantitative estimate of drug-likeness (QED) is 0.847. The van der Waals surface area contributed by atoms with Crippen molar-refractivity contribution in [3.05, 3.63) is 22.4 Å². The van der Waals surface area contributed by atoms with Crippen molar-refractivity contribution in [3.63, 3.8) is 0 Å². The number of hydrogen-bond acceptors (Lipinski definition) is 4. The maximum atomic E-state index is 12.2. The van der Waals surface area contributed by atoms with Crippen LogP contribution in [0, 0.1) is 11.3 Å². The third-order valence-electron chi connectivity index (χ3n) is 4.17. The molecule has 2 amide bonds. The van der Waals surface area contributed by atoms with E-state index in [1.807, 2.05) is 13.0 Å². The number of carbonyl (C=O) groups is 2. The third kappa shape index (κ3) is 4.00. The van der Waals surface area contributed by atoms with Crippen LogP contribution in [0.3, 0.4) is 0 Å². The number of thiophene rings is 1. The minimum Gasteiger partial charge on any atom is -0.469 e. The Kier molecular flexibility index (Phi) is 5.45. The van der Waals surface area contributed by atoms with Gasteiger partial charge in [0.2, 0.25) is 0 Å². The molecule has 1 fully saturated rings. The van der Waals surface area contributed by atoms with Crippen LogP contribution in [0.4, 0.5) is 4.79 Å². The summed E-state index contributed by atoms with van der Waals surface area (Å²) in [5.41, 5.74) is -0.575. The SMILES string of the molecule is COC(=O)C1(C)CCN(C(=O)NCC(C)Cc2cccs2)C1. The molecule has 0 aromatic carbocycles. The Balaban J connectivity index is 1.77. The molecule has 0 aliphatic carbocycles. The molecule has 0 bridgehead atoms. The topological polar surface area (TPSA) is 58.6 Å². The Morgan fingerprint density at radius 1 is 1.55 bits per heavy atom. The Hall–Kier alpha value is -1.56. The zero-order chi connectivity index (χ0) is 16.2. The second-order valence-electron chi connectivity index (χ2n) is 6.30. The lowest BCUT2D eigenvalue weighted by atomic mass is 9.90. The fourth-order valence-electron chi connectivity index (χ4n) is 2.77. The van der Waals surface area contributed by atoms with E-state index in [2.05, 4.69) is 23.7 Å². The van der Waals surface area contributed by atoms with E-state index >= 15 is 0 Å². The maximum absolute atomic E-state index is 12.2. The number of amides is 2. The van der Waals surface area contributed by atoms with Gasteiger partial charge in [0.1, 0.15) is 0 Å². The number of hydrogen-bond donors (Lipinski definition) is 1. The van der Waals surface area contributed by atoms with Gasteiger partial charge >= 0.3 is 12.0 Å². The van der Waals surface area contributed by atoms with Crippen molar-refractivity contribution in [2.75, 3.05) is 26.7 Å². The molecule has 1 aliphatic heterocycles. The third-order valence-corrected chi connectivity index (χ3v) is 5.07. The highest BCUT2D eigenvalue weighted by atomic mass is 32.1. The van der Waals surface area contributed by atoms with E-state index in [9.17, 15) is 9.59 Å². The van der Waals surface area contributed by atoms with Gasteiger partial charge in [0.25, 0.3) is 0 Å². The van der Waals surface area contributed by atoms with Crippen LogP contribution in [0.1, 0.15) is 25.1 Å². The lowest BCUT2D eigenvalue weighted by molar-refractivity contribution is -0.150. The van der Waals surface area contributed by atoms with E-state index in [1.54, 1.807) is 16.2 Å². The van der Waals surface area contributed by atoms with E-state index in [-0.39, 0.29) is 12.0 Å². The molecule has 2 heterocycles. The average molecular weight is 324 g/mol. The molecule has 22 heavy (non-hydrogen) atoms. The first-order chi connectivity index (χ1) is 10.4. The van der Waals surface area contributed by atoms with Gasteiger partial charge in [0.15, 0.2) is 0 Å². The fourth-order valence-corrected chi connectivity index (χ4v) is 3.63. The monoisotopic (exact) mass is 324 g/mol. The molecule has 1 N–H and O–H groups in total. The summed E-state index contributed by atoms with van der Waals surface area (Å²) < 4.78 is 4.83. The van der Waals surface area contributed by atoms with Crippen molar-refractivity contribution in [3.8, 4) is 0 Å². The summed E-state index contributed by atoms with van der Waals surface area (Å²) in [6.45, 7) is 5.64. The molecule has 5 nitrogen and oxygen atoms in total. The second-order valence-corrected chi connectivity index (χ2v) is 7.33. The molecule has 1 aliphatic rings. The molecule has 0 spiro atoms. The normalized spacial score (nSPS) is 22.4. The molecule has 1 aromatic heterocycles. The molecule has 2 rings (SSSR count). The van der Waals surface area contributed by atoms with Crippen LogP contribution in [0.5, 0.6) is 0 Å². The largest absolute Gasteiger partial charge is 0.469 e. The summed E-state index contributed by atoms with van der Waals surface area (Å²) in [5, 5.41) is 5.04. The van der Waals surface area contributed by atoms with E-state index in [0.717, 1.165) is 6.42 Å². The molecule has 6 heteroatoms. The van der Waals surface area contributed by atoms with Crippen molar-refractivity contribution in [1.29, 1.82) is 0 Å². The lowest BCUT2D eigenvalue weighted by Crippen LogP contribution is -2.42. The first kappa shape index (κ1) is 16.8. The Morgan fingerprint density at radius 3 is 2.95 bits per heavy atom. The zero-order valence-corrected chi connectivity index (χ0v) is 14.2. The first-order valence-electron chi connectivity index (χ1n) is 7.58. The van der Waals surface area contributed by atoms with Crippen LogP contribution in [-0.2, 0) is 16.0 Å². The number of urea groups is 1. The number of likely N-dealkylation sites (tertiary alicyclic amines) is 1. The van der Waals surface area contributed by atoms with Crippen LogP contribution >= 0.6 is 11.3 Å². The number of methoxy groups -OCH3 is 1. The zero-order valence-electron chi connectivity index (χ0n) is 13.4. The summed E-state index contributed by atoms with van der Waals surface area (Å²) >= 11 is 1.74. The van der Waals surface area contributed by atoms with Gasteiger partial charge < -0.3 is 15.0 Å². The predicted octanol–water partition coefficient (Wildman–Crippen LogP) is 2.52. The number of ether oxygens (including phenoxy) is 1. The van der Waals surface area contributed by atoms with Crippen molar-refractivity contribution >= 4 is 23.3 Å². The molecule has 122 valence electrons. The lowest BCUT2D eigenvalue weighted by Gasteiger charge is -2.22. The number of rotatable bonds is 5. The Morgan fingerprint density at radius 2 is 2.32 bits per heavy atom. The van der Waals surface area contributed by atoms with Gasteiger partial charge in [-0.05, 0) is 37.1 Å². The van der Waals surface area contributed by atoms with Gasteiger partial charge in [-0.3, -0.25) is 4.79 Å². The molecule has 1 aromatic rings. The van der Waals surface area contributed by atoms with Crippen LogP contribution in [-0.4, -0.2) is 43.6 Å². The first-order valence-corrected chi connectivity index (χ1v) is 8.46. The van der Waals surface area contributed by atoms with Crippen molar-refractivity contribution in [1.82, 2.24) is 10.2 Å². The van der Waals surface area contributed by atoms with E-state index in [4.69, 9.17) is 4.74 Å². The molecular formula is C16H24N2O3S. The van der Waals surface area contributed by atoms with Gasteiger partial charge in [-0.2, -0.15) is 0 Å². The van der Waals surface area contributed by atoms with E-state index < -0.39 is 5.41 Å². The van der Waals surface area contributed by atoms with E-state index in [0.29, 0.717) is 32.0 Å². The summed E-state index contributed by atoms with van der Waals surface area (Å²) in [5.74, 6) is 0.144. The van der Waals surface area contributed by atoms with Crippen LogP contribution in [0.25, 0.3) is 0 Å². The average Bonchev–Trinajstić information content (AvgIpc) is 3.14. The maximum Gasteiger partial charge on any atom is 0.317 e. The van der Waals surface area contributed by atoms with Gasteiger partial charge in [-0.15, -0.1) is 11.3 Å². The molecule has 2 atom stereocenters. The number of nitrogens with zero attached hydrogens (tertiary/aromatic N) is 1. The van der Waals surface area contributed by atoms with Gasteiger partial charge in [-0.25, -0.2) is 4.79 Å². The summed E-state index contributed by atoms with van der Waals surface area (Å²) in [4.78, 5) is 27.0. The minimum atomic E-state index is -0.575. The van der Waals surface area contributed by atoms with Crippen molar-refractivity contribution in [2.24, 2.45) is 11.3 Å². The molecule has 0 saturated carbocycles.